The van der Waals surface area contributed by atoms with Crippen LogP contribution in [-0.2, 0) is 4.79 Å². The molecule has 0 aliphatic carbocycles. The number of hydrogen-bond acceptors (Lipinski definition) is 1. The molecule has 0 spiro atoms. The first-order chi connectivity index (χ1) is 7.22. The average Bonchev–Trinajstić information content (AvgIpc) is 2.18. The molecule has 0 heterocycles. The van der Waals surface area contributed by atoms with Crippen molar-refractivity contribution in [3.05, 3.63) is 29.8 Å². The first kappa shape index (κ1) is 11.8. The summed E-state index contributed by atoms with van der Waals surface area (Å²) in [7, 11) is 0. The largest absolute Gasteiger partial charge is 0.326 e. The van der Waals surface area contributed by atoms with Crippen molar-refractivity contribution in [1.82, 2.24) is 0 Å². The Bertz CT molecular complexity index is 404. The van der Waals surface area contributed by atoms with Gasteiger partial charge in [0.1, 0.15) is 0 Å². The molecule has 0 saturated heterocycles. The maximum absolute atomic E-state index is 10.8. The summed E-state index contributed by atoms with van der Waals surface area (Å²) in [5.41, 5.74) is 1.70. The van der Waals surface area contributed by atoms with Crippen molar-refractivity contribution in [1.29, 1.82) is 0 Å². The fraction of sp³-hybridized carbons (Fsp3) is 0.250. The van der Waals surface area contributed by atoms with Crippen LogP contribution >= 0.6 is 15.9 Å². The van der Waals surface area contributed by atoms with Gasteiger partial charge in [0.25, 0.3) is 0 Å². The molecule has 0 unspecified atom stereocenters. The van der Waals surface area contributed by atoms with E-state index in [9.17, 15) is 4.79 Å². The van der Waals surface area contributed by atoms with Gasteiger partial charge in [0, 0.05) is 29.9 Å². The van der Waals surface area contributed by atoms with Crippen molar-refractivity contribution in [2.24, 2.45) is 0 Å². The standard InChI is InChI=1S/C12H12BrNO/c1-10(15)14-12-7-4-6-11(9-12)5-2-3-8-13/h4,6-7,9H,3,8H2,1H3,(H,14,15). The highest BCUT2D eigenvalue weighted by Gasteiger charge is 1.94. The topological polar surface area (TPSA) is 29.1 Å². The minimum Gasteiger partial charge on any atom is -0.326 e. The summed E-state index contributed by atoms with van der Waals surface area (Å²) in [5.74, 6) is 5.98. The number of halogens is 1. The Hall–Kier alpha value is -1.27. The lowest BCUT2D eigenvalue weighted by Gasteiger charge is -2.01. The average molecular weight is 266 g/mol. The van der Waals surface area contributed by atoms with Gasteiger partial charge >= 0.3 is 0 Å². The Kier molecular flexibility index (Phi) is 4.92. The zero-order valence-corrected chi connectivity index (χ0v) is 10.1. The third-order valence-corrected chi connectivity index (χ3v) is 2.03. The number of carbonyl (C=O) groups is 1. The molecule has 0 aliphatic rings. The zero-order valence-electron chi connectivity index (χ0n) is 8.51. The van der Waals surface area contributed by atoms with Crippen molar-refractivity contribution in [3.8, 4) is 11.8 Å². The highest BCUT2D eigenvalue weighted by molar-refractivity contribution is 9.09. The molecule has 0 atom stereocenters. The first-order valence-corrected chi connectivity index (χ1v) is 5.77. The van der Waals surface area contributed by atoms with Crippen LogP contribution in [0.1, 0.15) is 18.9 Å². The van der Waals surface area contributed by atoms with Gasteiger partial charge in [-0.1, -0.05) is 33.8 Å². The monoisotopic (exact) mass is 265 g/mol. The second-order valence-electron chi connectivity index (χ2n) is 3.00. The number of amides is 1. The molecule has 0 fully saturated rings. The second kappa shape index (κ2) is 6.26. The minimum atomic E-state index is -0.0689. The van der Waals surface area contributed by atoms with E-state index in [4.69, 9.17) is 0 Å². The van der Waals surface area contributed by atoms with Gasteiger partial charge in [0.15, 0.2) is 0 Å². The van der Waals surface area contributed by atoms with E-state index < -0.39 is 0 Å². The molecule has 0 aromatic heterocycles. The highest BCUT2D eigenvalue weighted by atomic mass is 79.9. The summed E-state index contributed by atoms with van der Waals surface area (Å²) in [4.78, 5) is 10.8. The molecule has 0 saturated carbocycles. The van der Waals surface area contributed by atoms with E-state index in [1.165, 1.54) is 6.92 Å². The Balaban J connectivity index is 2.75. The van der Waals surface area contributed by atoms with Crippen molar-refractivity contribution in [2.45, 2.75) is 13.3 Å². The lowest BCUT2D eigenvalue weighted by molar-refractivity contribution is -0.114. The van der Waals surface area contributed by atoms with Gasteiger partial charge < -0.3 is 5.32 Å². The lowest BCUT2D eigenvalue weighted by atomic mass is 10.2. The molecule has 15 heavy (non-hydrogen) atoms. The predicted octanol–water partition coefficient (Wildman–Crippen LogP) is 2.78. The molecular weight excluding hydrogens is 254 g/mol. The third-order valence-electron chi connectivity index (χ3n) is 1.64. The zero-order chi connectivity index (χ0) is 11.1. The van der Waals surface area contributed by atoms with E-state index in [-0.39, 0.29) is 5.91 Å². The van der Waals surface area contributed by atoms with E-state index in [0.717, 1.165) is 23.0 Å². The third kappa shape index (κ3) is 4.66. The van der Waals surface area contributed by atoms with Crippen LogP contribution in [0.25, 0.3) is 0 Å². The Labute approximate surface area is 98.2 Å². The summed E-state index contributed by atoms with van der Waals surface area (Å²) in [6.45, 7) is 1.49. The van der Waals surface area contributed by atoms with Crippen molar-refractivity contribution < 1.29 is 4.79 Å². The van der Waals surface area contributed by atoms with Crippen LogP contribution in [-0.4, -0.2) is 11.2 Å². The molecule has 0 aliphatic heterocycles. The molecule has 1 aromatic carbocycles. The van der Waals surface area contributed by atoms with E-state index in [0.29, 0.717) is 0 Å². The molecule has 2 nitrogen and oxygen atoms in total. The van der Waals surface area contributed by atoms with E-state index in [1.54, 1.807) is 0 Å². The molecule has 78 valence electrons. The highest BCUT2D eigenvalue weighted by Crippen LogP contribution is 2.09. The van der Waals surface area contributed by atoms with E-state index >= 15 is 0 Å². The number of benzene rings is 1. The van der Waals surface area contributed by atoms with Gasteiger partial charge in [-0.15, -0.1) is 0 Å². The minimum absolute atomic E-state index is 0.0689. The predicted molar refractivity (Wildman–Crippen MR) is 66.0 cm³/mol. The van der Waals surface area contributed by atoms with Gasteiger partial charge in [0.05, 0.1) is 0 Å². The normalized spacial score (nSPS) is 8.93. The fourth-order valence-electron chi connectivity index (χ4n) is 1.09. The van der Waals surface area contributed by atoms with Crippen LogP contribution < -0.4 is 5.32 Å². The molecule has 1 N–H and O–H groups in total. The molecule has 1 aromatic rings. The quantitative estimate of drug-likeness (QED) is 0.647. The van der Waals surface area contributed by atoms with E-state index in [1.807, 2.05) is 24.3 Å². The number of rotatable bonds is 2. The van der Waals surface area contributed by atoms with Crippen LogP contribution in [0.15, 0.2) is 24.3 Å². The van der Waals surface area contributed by atoms with Gasteiger partial charge in [-0.05, 0) is 18.2 Å². The van der Waals surface area contributed by atoms with Crippen LogP contribution in [0.5, 0.6) is 0 Å². The number of carbonyl (C=O) groups excluding carboxylic acids is 1. The van der Waals surface area contributed by atoms with Crippen LogP contribution in [0.3, 0.4) is 0 Å². The maximum atomic E-state index is 10.8. The Morgan fingerprint density at radius 1 is 1.53 bits per heavy atom. The molecule has 0 radical (unpaired) electrons. The lowest BCUT2D eigenvalue weighted by Crippen LogP contribution is -2.05. The number of alkyl halides is 1. The summed E-state index contributed by atoms with van der Waals surface area (Å²) < 4.78 is 0. The van der Waals surface area contributed by atoms with Gasteiger partial charge in [-0.2, -0.15) is 0 Å². The molecule has 1 amide bonds. The Morgan fingerprint density at radius 3 is 3.00 bits per heavy atom. The second-order valence-corrected chi connectivity index (χ2v) is 3.80. The summed E-state index contributed by atoms with van der Waals surface area (Å²) in [6, 6.07) is 7.51. The molecular formula is C12H12BrNO. The number of anilines is 1. The number of nitrogens with one attached hydrogen (secondary N) is 1. The van der Waals surface area contributed by atoms with Gasteiger partial charge in [0.2, 0.25) is 5.91 Å². The SMILES string of the molecule is CC(=O)Nc1cccc(C#CCCBr)c1. The van der Waals surface area contributed by atoms with E-state index in [2.05, 4.69) is 33.1 Å². The van der Waals surface area contributed by atoms with Crippen LogP contribution in [0, 0.1) is 11.8 Å². The first-order valence-electron chi connectivity index (χ1n) is 4.65. The molecule has 3 heteroatoms. The van der Waals surface area contributed by atoms with Crippen LogP contribution in [0.4, 0.5) is 5.69 Å². The smallest absolute Gasteiger partial charge is 0.221 e. The van der Waals surface area contributed by atoms with Crippen molar-refractivity contribution in [2.75, 3.05) is 10.6 Å². The fourth-order valence-corrected chi connectivity index (χ4v) is 1.29. The van der Waals surface area contributed by atoms with Crippen molar-refractivity contribution >= 4 is 27.5 Å². The molecule has 0 bridgehead atoms. The van der Waals surface area contributed by atoms with Gasteiger partial charge in [-0.3, -0.25) is 4.79 Å². The summed E-state index contributed by atoms with van der Waals surface area (Å²) in [5, 5.41) is 3.60. The maximum Gasteiger partial charge on any atom is 0.221 e. The van der Waals surface area contributed by atoms with Crippen molar-refractivity contribution in [3.63, 3.8) is 0 Å². The van der Waals surface area contributed by atoms with Crippen LogP contribution in [0.2, 0.25) is 0 Å². The summed E-state index contributed by atoms with van der Waals surface area (Å²) in [6.07, 6.45) is 0.824. The Morgan fingerprint density at radius 2 is 2.33 bits per heavy atom. The molecule has 1 rings (SSSR count). The van der Waals surface area contributed by atoms with Gasteiger partial charge in [-0.25, -0.2) is 0 Å². The summed E-state index contributed by atoms with van der Waals surface area (Å²) >= 11 is 3.31. The number of hydrogen-bond donors (Lipinski definition) is 1.